The first kappa shape index (κ1) is 10.1. The van der Waals surface area contributed by atoms with Crippen molar-refractivity contribution in [2.24, 2.45) is 5.73 Å². The van der Waals surface area contributed by atoms with Crippen molar-refractivity contribution < 1.29 is 9.47 Å². The molecule has 1 heterocycles. The molecular weight excluding hydrogens is 178 g/mol. The summed E-state index contributed by atoms with van der Waals surface area (Å²) in [4.78, 5) is 0. The first-order valence-corrected chi connectivity index (χ1v) is 5.52. The van der Waals surface area contributed by atoms with Crippen LogP contribution in [0.2, 0.25) is 0 Å². The Hall–Kier alpha value is -0.380. The van der Waals surface area contributed by atoms with E-state index in [0.29, 0.717) is 19.8 Å². The average Bonchev–Trinajstić information content (AvgIpc) is 2.30. The van der Waals surface area contributed by atoms with E-state index in [-0.39, 0.29) is 12.1 Å². The highest BCUT2D eigenvalue weighted by Crippen LogP contribution is 2.22. The zero-order chi connectivity index (χ0) is 9.80. The highest BCUT2D eigenvalue weighted by atomic mass is 16.6. The molecule has 0 aromatic carbocycles. The molecular formula is C11H19NO2. The van der Waals surface area contributed by atoms with Crippen LogP contribution in [-0.4, -0.2) is 32.0 Å². The summed E-state index contributed by atoms with van der Waals surface area (Å²) in [5.74, 6) is 0. The minimum absolute atomic E-state index is 0.0515. The van der Waals surface area contributed by atoms with Crippen LogP contribution in [0.25, 0.3) is 0 Å². The Morgan fingerprint density at radius 1 is 1.36 bits per heavy atom. The van der Waals surface area contributed by atoms with E-state index < -0.39 is 0 Å². The predicted octanol–water partition coefficient (Wildman–Crippen LogP) is 1.23. The van der Waals surface area contributed by atoms with E-state index >= 15 is 0 Å². The van der Waals surface area contributed by atoms with Crippen molar-refractivity contribution in [1.82, 2.24) is 0 Å². The van der Waals surface area contributed by atoms with Gasteiger partial charge < -0.3 is 15.2 Å². The molecule has 80 valence electrons. The fourth-order valence-corrected chi connectivity index (χ4v) is 2.12. The topological polar surface area (TPSA) is 44.5 Å². The maximum atomic E-state index is 6.15. The lowest BCUT2D eigenvalue weighted by molar-refractivity contribution is -0.0932. The molecule has 0 spiro atoms. The second-order valence-corrected chi connectivity index (χ2v) is 4.03. The molecule has 1 saturated heterocycles. The fraction of sp³-hybridized carbons (Fsp3) is 0.818. The van der Waals surface area contributed by atoms with Gasteiger partial charge in [-0.05, 0) is 25.7 Å². The van der Waals surface area contributed by atoms with E-state index in [1.165, 1.54) is 24.8 Å². The van der Waals surface area contributed by atoms with Gasteiger partial charge in [-0.3, -0.25) is 0 Å². The summed E-state index contributed by atoms with van der Waals surface area (Å²) in [6, 6.07) is 0.0515. The summed E-state index contributed by atoms with van der Waals surface area (Å²) in [5, 5.41) is 0. The highest BCUT2D eigenvalue weighted by Gasteiger charge is 2.25. The number of allylic oxidation sites excluding steroid dienone is 1. The average molecular weight is 197 g/mol. The summed E-state index contributed by atoms with van der Waals surface area (Å²) in [6.07, 6.45) is 7.25. The van der Waals surface area contributed by atoms with E-state index in [2.05, 4.69) is 6.08 Å². The van der Waals surface area contributed by atoms with E-state index in [0.717, 1.165) is 6.42 Å². The van der Waals surface area contributed by atoms with Crippen molar-refractivity contribution in [2.75, 3.05) is 19.8 Å². The van der Waals surface area contributed by atoms with Crippen LogP contribution < -0.4 is 5.73 Å². The van der Waals surface area contributed by atoms with Crippen LogP contribution >= 0.6 is 0 Å². The summed E-state index contributed by atoms with van der Waals surface area (Å²) in [6.45, 7) is 2.05. The van der Waals surface area contributed by atoms with Gasteiger partial charge in [-0.25, -0.2) is 0 Å². The second kappa shape index (κ2) is 4.91. The van der Waals surface area contributed by atoms with Crippen molar-refractivity contribution in [3.8, 4) is 0 Å². The van der Waals surface area contributed by atoms with Crippen LogP contribution in [0, 0.1) is 0 Å². The lowest BCUT2D eigenvalue weighted by Crippen LogP contribution is -2.45. The van der Waals surface area contributed by atoms with E-state index in [4.69, 9.17) is 15.2 Å². The van der Waals surface area contributed by atoms with Crippen LogP contribution in [0.5, 0.6) is 0 Å². The first-order valence-electron chi connectivity index (χ1n) is 5.52. The number of hydrogen-bond donors (Lipinski definition) is 1. The van der Waals surface area contributed by atoms with Gasteiger partial charge in [0, 0.05) is 0 Å². The van der Waals surface area contributed by atoms with Crippen LogP contribution in [-0.2, 0) is 9.47 Å². The number of rotatable bonds is 2. The fourth-order valence-electron chi connectivity index (χ4n) is 2.12. The Morgan fingerprint density at radius 3 is 2.93 bits per heavy atom. The van der Waals surface area contributed by atoms with Gasteiger partial charge in [0.25, 0.3) is 0 Å². The van der Waals surface area contributed by atoms with Gasteiger partial charge in [0.2, 0.25) is 0 Å². The van der Waals surface area contributed by atoms with Gasteiger partial charge in [-0.1, -0.05) is 11.6 Å². The smallest absolute Gasteiger partial charge is 0.0998 e. The van der Waals surface area contributed by atoms with Crippen LogP contribution in [0.4, 0.5) is 0 Å². The molecule has 0 radical (unpaired) electrons. The highest BCUT2D eigenvalue weighted by molar-refractivity contribution is 5.14. The normalized spacial score (nSPS) is 30.9. The molecule has 1 aliphatic carbocycles. The van der Waals surface area contributed by atoms with Crippen LogP contribution in [0.3, 0.4) is 0 Å². The minimum Gasteiger partial charge on any atom is -0.376 e. The Balaban J connectivity index is 1.91. The van der Waals surface area contributed by atoms with Gasteiger partial charge in [-0.15, -0.1) is 0 Å². The third-order valence-corrected chi connectivity index (χ3v) is 3.00. The number of hydrogen-bond acceptors (Lipinski definition) is 3. The van der Waals surface area contributed by atoms with Crippen molar-refractivity contribution in [3.63, 3.8) is 0 Å². The molecule has 14 heavy (non-hydrogen) atoms. The SMILES string of the molecule is NC(C1=CCCCC1)C1COCCO1. The van der Waals surface area contributed by atoms with Gasteiger partial charge in [-0.2, -0.15) is 0 Å². The molecule has 0 saturated carbocycles. The molecule has 1 fully saturated rings. The second-order valence-electron chi connectivity index (χ2n) is 4.03. The lowest BCUT2D eigenvalue weighted by atomic mass is 9.91. The quantitative estimate of drug-likeness (QED) is 0.677. The Morgan fingerprint density at radius 2 is 2.29 bits per heavy atom. The van der Waals surface area contributed by atoms with Crippen molar-refractivity contribution in [2.45, 2.75) is 37.8 Å². The first-order chi connectivity index (χ1) is 6.88. The molecule has 0 aromatic rings. The molecule has 2 N–H and O–H groups in total. The molecule has 3 heteroatoms. The molecule has 2 rings (SSSR count). The van der Waals surface area contributed by atoms with Crippen LogP contribution in [0.15, 0.2) is 11.6 Å². The van der Waals surface area contributed by atoms with E-state index in [1.807, 2.05) is 0 Å². The molecule has 0 aromatic heterocycles. The Kier molecular flexibility index (Phi) is 3.56. The Labute approximate surface area is 85.3 Å². The van der Waals surface area contributed by atoms with Crippen molar-refractivity contribution >= 4 is 0 Å². The monoisotopic (exact) mass is 197 g/mol. The van der Waals surface area contributed by atoms with Crippen molar-refractivity contribution in [1.29, 1.82) is 0 Å². The zero-order valence-electron chi connectivity index (χ0n) is 8.58. The maximum absolute atomic E-state index is 6.15. The zero-order valence-corrected chi connectivity index (χ0v) is 8.58. The Bertz CT molecular complexity index is 209. The summed E-state index contributed by atoms with van der Waals surface area (Å²) in [7, 11) is 0. The molecule has 2 aliphatic rings. The number of ether oxygens (including phenoxy) is 2. The molecule has 3 nitrogen and oxygen atoms in total. The van der Waals surface area contributed by atoms with Gasteiger partial charge in [0.1, 0.15) is 0 Å². The standard InChI is InChI=1S/C11H19NO2/c12-11(9-4-2-1-3-5-9)10-8-13-6-7-14-10/h4,10-11H,1-3,5-8,12H2. The molecule has 0 bridgehead atoms. The van der Waals surface area contributed by atoms with E-state index in [9.17, 15) is 0 Å². The number of nitrogens with two attached hydrogens (primary N) is 1. The predicted molar refractivity (Wildman–Crippen MR) is 55.1 cm³/mol. The molecule has 2 atom stereocenters. The summed E-state index contributed by atoms with van der Waals surface area (Å²) in [5.41, 5.74) is 7.52. The van der Waals surface area contributed by atoms with E-state index in [1.54, 1.807) is 0 Å². The molecule has 2 unspecified atom stereocenters. The summed E-state index contributed by atoms with van der Waals surface area (Å²) < 4.78 is 11.0. The largest absolute Gasteiger partial charge is 0.376 e. The van der Waals surface area contributed by atoms with Gasteiger partial charge in [0.05, 0.1) is 32.0 Å². The van der Waals surface area contributed by atoms with Gasteiger partial charge in [0.15, 0.2) is 0 Å². The minimum atomic E-state index is 0.0515. The molecule has 1 aliphatic heterocycles. The summed E-state index contributed by atoms with van der Waals surface area (Å²) >= 11 is 0. The van der Waals surface area contributed by atoms with Crippen molar-refractivity contribution in [3.05, 3.63) is 11.6 Å². The third kappa shape index (κ3) is 2.35. The van der Waals surface area contributed by atoms with Crippen LogP contribution in [0.1, 0.15) is 25.7 Å². The third-order valence-electron chi connectivity index (χ3n) is 3.00. The lowest BCUT2D eigenvalue weighted by Gasteiger charge is -2.30. The van der Waals surface area contributed by atoms with Gasteiger partial charge >= 0.3 is 0 Å². The molecule has 0 amide bonds. The maximum Gasteiger partial charge on any atom is 0.0998 e.